The summed E-state index contributed by atoms with van der Waals surface area (Å²) in [6.07, 6.45) is 6.11. The van der Waals surface area contributed by atoms with E-state index in [-0.39, 0.29) is 6.17 Å². The number of rotatable bonds is 2. The van der Waals surface area contributed by atoms with Crippen LogP contribution in [-0.2, 0) is 0 Å². The van der Waals surface area contributed by atoms with Gasteiger partial charge in [-0.05, 0) is 18.7 Å². The molecular formula is C11H20N4. The molecule has 2 rings (SSSR count). The quantitative estimate of drug-likeness (QED) is 0.666. The van der Waals surface area contributed by atoms with E-state index in [9.17, 15) is 0 Å². The Morgan fingerprint density at radius 3 is 2.67 bits per heavy atom. The predicted molar refractivity (Wildman–Crippen MR) is 62.0 cm³/mol. The van der Waals surface area contributed by atoms with Crippen molar-refractivity contribution in [3.05, 3.63) is 24.0 Å². The maximum Gasteiger partial charge on any atom is 0.0935 e. The van der Waals surface area contributed by atoms with Crippen LogP contribution in [0.3, 0.4) is 0 Å². The van der Waals surface area contributed by atoms with Gasteiger partial charge in [0.05, 0.1) is 11.9 Å². The van der Waals surface area contributed by atoms with Gasteiger partial charge in [-0.3, -0.25) is 0 Å². The van der Waals surface area contributed by atoms with E-state index in [4.69, 9.17) is 5.73 Å². The number of dihydropyridines is 1. The lowest BCUT2D eigenvalue weighted by atomic mass is 10.2. The molecule has 1 unspecified atom stereocenters. The van der Waals surface area contributed by atoms with Crippen LogP contribution in [0.5, 0.6) is 0 Å². The molecule has 1 saturated heterocycles. The zero-order chi connectivity index (χ0) is 10.7. The number of allylic oxidation sites excluding steroid dienone is 1. The number of piperazine rings is 1. The molecule has 3 N–H and O–H groups in total. The Hall–Kier alpha value is -1.00. The normalized spacial score (nSPS) is 27.5. The second-order valence-corrected chi connectivity index (χ2v) is 4.04. The van der Waals surface area contributed by atoms with Crippen molar-refractivity contribution in [2.75, 3.05) is 32.7 Å². The number of nitrogens with zero attached hydrogens (tertiary/aromatic N) is 2. The number of hydrogen-bond acceptors (Lipinski definition) is 4. The van der Waals surface area contributed by atoms with Crippen molar-refractivity contribution in [3.63, 3.8) is 0 Å². The largest absolute Gasteiger partial charge is 0.371 e. The highest BCUT2D eigenvalue weighted by molar-refractivity contribution is 5.22. The molecule has 4 nitrogen and oxygen atoms in total. The molecule has 2 aliphatic heterocycles. The van der Waals surface area contributed by atoms with Crippen LogP contribution in [0.1, 0.15) is 6.92 Å². The van der Waals surface area contributed by atoms with Crippen molar-refractivity contribution < 1.29 is 0 Å². The van der Waals surface area contributed by atoms with Crippen LogP contribution >= 0.6 is 0 Å². The summed E-state index contributed by atoms with van der Waals surface area (Å²) < 4.78 is 0. The second kappa shape index (κ2) is 4.68. The smallest absolute Gasteiger partial charge is 0.0935 e. The average Bonchev–Trinajstić information content (AvgIpc) is 2.30. The van der Waals surface area contributed by atoms with Crippen LogP contribution < -0.4 is 11.1 Å². The van der Waals surface area contributed by atoms with Gasteiger partial charge in [-0.25, -0.2) is 0 Å². The highest BCUT2D eigenvalue weighted by Gasteiger charge is 2.17. The molecule has 0 amide bonds. The van der Waals surface area contributed by atoms with Gasteiger partial charge in [0.25, 0.3) is 0 Å². The molecule has 2 aliphatic rings. The fourth-order valence-electron chi connectivity index (χ4n) is 2.01. The third-order valence-corrected chi connectivity index (χ3v) is 3.08. The Labute approximate surface area is 91.4 Å². The highest BCUT2D eigenvalue weighted by atomic mass is 15.3. The minimum absolute atomic E-state index is 0.0225. The fourth-order valence-corrected chi connectivity index (χ4v) is 2.01. The summed E-state index contributed by atoms with van der Waals surface area (Å²) in [5.41, 5.74) is 6.96. The Morgan fingerprint density at radius 1 is 1.40 bits per heavy atom. The van der Waals surface area contributed by atoms with E-state index in [1.165, 1.54) is 5.70 Å². The Balaban J connectivity index is 1.88. The summed E-state index contributed by atoms with van der Waals surface area (Å²) in [6, 6.07) is 0. The molecule has 15 heavy (non-hydrogen) atoms. The van der Waals surface area contributed by atoms with Crippen LogP contribution in [0.15, 0.2) is 24.0 Å². The van der Waals surface area contributed by atoms with Gasteiger partial charge in [-0.2, -0.15) is 0 Å². The van der Waals surface area contributed by atoms with Gasteiger partial charge in [0.2, 0.25) is 0 Å². The molecule has 0 radical (unpaired) electrons. The lowest BCUT2D eigenvalue weighted by molar-refractivity contribution is 0.167. The van der Waals surface area contributed by atoms with Crippen molar-refractivity contribution in [3.8, 4) is 0 Å². The average molecular weight is 208 g/mol. The Morgan fingerprint density at radius 2 is 2.13 bits per heavy atom. The van der Waals surface area contributed by atoms with Gasteiger partial charge >= 0.3 is 0 Å². The Bertz CT molecular complexity index is 264. The molecule has 0 bridgehead atoms. The third-order valence-electron chi connectivity index (χ3n) is 3.08. The first-order valence-corrected chi connectivity index (χ1v) is 5.67. The molecular weight excluding hydrogens is 188 g/mol. The topological polar surface area (TPSA) is 44.5 Å². The minimum Gasteiger partial charge on any atom is -0.371 e. The van der Waals surface area contributed by atoms with E-state index in [0.717, 1.165) is 32.7 Å². The molecule has 0 aliphatic carbocycles. The number of hydrogen-bond donors (Lipinski definition) is 2. The first kappa shape index (κ1) is 10.5. The summed E-state index contributed by atoms with van der Waals surface area (Å²) in [5, 5.41) is 3.13. The van der Waals surface area contributed by atoms with Crippen molar-refractivity contribution in [2.24, 2.45) is 5.73 Å². The predicted octanol–water partition coefficient (Wildman–Crippen LogP) is -0.0905. The van der Waals surface area contributed by atoms with Gasteiger partial charge in [0.15, 0.2) is 0 Å². The van der Waals surface area contributed by atoms with Crippen LogP contribution in [0, 0.1) is 0 Å². The number of nitrogens with one attached hydrogen (secondary N) is 1. The number of likely N-dealkylation sites (N-methyl/N-ethyl adjacent to an activating group) is 1. The zero-order valence-corrected chi connectivity index (χ0v) is 9.32. The van der Waals surface area contributed by atoms with Crippen LogP contribution in [0.2, 0.25) is 0 Å². The fraction of sp³-hybridized carbons (Fsp3) is 0.636. The second-order valence-electron chi connectivity index (χ2n) is 4.04. The third kappa shape index (κ3) is 2.52. The van der Waals surface area contributed by atoms with Gasteiger partial charge < -0.3 is 20.9 Å². The van der Waals surface area contributed by atoms with Gasteiger partial charge in [0, 0.05) is 32.4 Å². The molecule has 0 aromatic heterocycles. The standard InChI is InChI=1S/C11H20N4/c1-2-14-5-7-15(8-6-14)10-3-4-11(12)13-9-10/h3-4,9,11,13H,2,5-8,12H2,1H3. The molecule has 1 atom stereocenters. The highest BCUT2D eigenvalue weighted by Crippen LogP contribution is 2.12. The minimum atomic E-state index is -0.0225. The van der Waals surface area contributed by atoms with Crippen LogP contribution in [-0.4, -0.2) is 48.7 Å². The summed E-state index contributed by atoms with van der Waals surface area (Å²) >= 11 is 0. The molecule has 1 fully saturated rings. The molecule has 0 aromatic rings. The first-order chi connectivity index (χ1) is 7.29. The SMILES string of the molecule is CCN1CCN(C2=CNC(N)C=C2)CC1. The van der Waals surface area contributed by atoms with E-state index in [0.29, 0.717) is 0 Å². The van der Waals surface area contributed by atoms with Gasteiger partial charge in [-0.1, -0.05) is 6.92 Å². The first-order valence-electron chi connectivity index (χ1n) is 5.67. The van der Waals surface area contributed by atoms with Gasteiger partial charge in [-0.15, -0.1) is 0 Å². The maximum atomic E-state index is 5.70. The summed E-state index contributed by atoms with van der Waals surface area (Å²) in [6.45, 7) is 7.92. The molecule has 0 spiro atoms. The van der Waals surface area contributed by atoms with E-state index >= 15 is 0 Å². The monoisotopic (exact) mass is 208 g/mol. The molecule has 2 heterocycles. The van der Waals surface area contributed by atoms with E-state index in [1.807, 2.05) is 12.3 Å². The van der Waals surface area contributed by atoms with Crippen LogP contribution in [0.4, 0.5) is 0 Å². The van der Waals surface area contributed by atoms with Crippen molar-refractivity contribution in [1.82, 2.24) is 15.1 Å². The van der Waals surface area contributed by atoms with E-state index in [2.05, 4.69) is 28.1 Å². The summed E-state index contributed by atoms with van der Waals surface area (Å²) in [7, 11) is 0. The van der Waals surface area contributed by atoms with E-state index in [1.54, 1.807) is 0 Å². The van der Waals surface area contributed by atoms with Crippen molar-refractivity contribution in [1.29, 1.82) is 0 Å². The molecule has 0 aromatic carbocycles. The lowest BCUT2D eigenvalue weighted by Gasteiger charge is -2.36. The van der Waals surface area contributed by atoms with Crippen molar-refractivity contribution >= 4 is 0 Å². The van der Waals surface area contributed by atoms with Crippen LogP contribution in [0.25, 0.3) is 0 Å². The molecule has 4 heteroatoms. The Kier molecular flexibility index (Phi) is 3.28. The maximum absolute atomic E-state index is 5.70. The van der Waals surface area contributed by atoms with Crippen molar-refractivity contribution in [2.45, 2.75) is 13.1 Å². The molecule has 84 valence electrons. The molecule has 0 saturated carbocycles. The number of nitrogens with two attached hydrogens (primary N) is 1. The lowest BCUT2D eigenvalue weighted by Crippen LogP contribution is -2.46. The summed E-state index contributed by atoms with van der Waals surface area (Å²) in [5.74, 6) is 0. The zero-order valence-electron chi connectivity index (χ0n) is 9.32. The van der Waals surface area contributed by atoms with Gasteiger partial charge in [0.1, 0.15) is 0 Å². The van der Waals surface area contributed by atoms with E-state index < -0.39 is 0 Å². The summed E-state index contributed by atoms with van der Waals surface area (Å²) in [4.78, 5) is 4.88.